The third kappa shape index (κ3) is 6.42. The molecule has 220 valence electrons. The van der Waals surface area contributed by atoms with Crippen molar-refractivity contribution in [2.24, 2.45) is 5.41 Å². The number of anilines is 1. The number of ether oxygens (including phenoxy) is 1. The van der Waals surface area contributed by atoms with Crippen LogP contribution in [0.5, 0.6) is 5.75 Å². The van der Waals surface area contributed by atoms with Crippen LogP contribution in [0.2, 0.25) is 0 Å². The summed E-state index contributed by atoms with van der Waals surface area (Å²) >= 11 is 0. The standard InChI is InChI=1S/C27H24F6N2O5S/c1-25(2,24(36)37)12-11-18-15-35(41(38,39)19-6-3-5-17(14-19)26(28,29)30)21-13-16(9-10-22(21)40-18)20-7-4-8-23(34-20)27(31,32)33/h3-10,13-14,18H,11-12,15H2,1-2H3,(H,36,37)/t18-/m0/s1. The maximum Gasteiger partial charge on any atom is 0.433 e. The third-order valence-corrected chi connectivity index (χ3v) is 8.42. The van der Waals surface area contributed by atoms with Crippen molar-refractivity contribution in [1.29, 1.82) is 0 Å². The summed E-state index contributed by atoms with van der Waals surface area (Å²) < 4.78 is 114. The Labute approximate surface area is 231 Å². The Kier molecular flexibility index (Phi) is 7.76. The van der Waals surface area contributed by atoms with Crippen LogP contribution >= 0.6 is 0 Å². The number of sulfonamides is 1. The van der Waals surface area contributed by atoms with Crippen LogP contribution in [0, 0.1) is 5.41 Å². The molecule has 1 atom stereocenters. The number of nitrogens with zero attached hydrogens (tertiary/aromatic N) is 2. The number of hydrogen-bond donors (Lipinski definition) is 1. The van der Waals surface area contributed by atoms with E-state index in [1.807, 2.05) is 0 Å². The number of hydrogen-bond acceptors (Lipinski definition) is 5. The molecule has 0 aliphatic carbocycles. The lowest BCUT2D eigenvalue weighted by Gasteiger charge is -2.36. The lowest BCUT2D eigenvalue weighted by molar-refractivity contribution is -0.147. The van der Waals surface area contributed by atoms with Crippen molar-refractivity contribution in [3.63, 3.8) is 0 Å². The van der Waals surface area contributed by atoms with Crippen LogP contribution in [0.1, 0.15) is 37.9 Å². The van der Waals surface area contributed by atoms with E-state index < -0.39 is 56.0 Å². The number of benzene rings is 2. The molecular formula is C27H24F6N2O5S. The van der Waals surface area contributed by atoms with E-state index in [2.05, 4.69) is 4.98 Å². The summed E-state index contributed by atoms with van der Waals surface area (Å²) in [5, 5.41) is 9.44. The number of carboxylic acids is 1. The summed E-state index contributed by atoms with van der Waals surface area (Å²) in [5.74, 6) is -1.08. The number of pyridine rings is 1. The zero-order chi connectivity index (χ0) is 30.4. The molecule has 0 saturated heterocycles. The third-order valence-electron chi connectivity index (χ3n) is 6.65. The number of fused-ring (bicyclic) bond motifs is 1. The summed E-state index contributed by atoms with van der Waals surface area (Å²) in [5.41, 5.74) is -3.66. The van der Waals surface area contributed by atoms with Gasteiger partial charge in [-0.05, 0) is 75.2 Å². The molecular weight excluding hydrogens is 578 g/mol. The number of carboxylic acid groups (broad SMARTS) is 1. The maximum atomic E-state index is 13.8. The minimum absolute atomic E-state index is 0.000609. The second-order valence-electron chi connectivity index (χ2n) is 10.1. The minimum atomic E-state index is -4.82. The van der Waals surface area contributed by atoms with E-state index >= 15 is 0 Å². The maximum absolute atomic E-state index is 13.8. The second kappa shape index (κ2) is 10.5. The summed E-state index contributed by atoms with van der Waals surface area (Å²) in [4.78, 5) is 14.5. The van der Waals surface area contributed by atoms with Gasteiger partial charge in [0.2, 0.25) is 0 Å². The second-order valence-corrected chi connectivity index (χ2v) is 12.0. The van der Waals surface area contributed by atoms with Gasteiger partial charge in [-0.3, -0.25) is 9.10 Å². The molecule has 4 rings (SSSR count). The number of alkyl halides is 6. The molecule has 2 heterocycles. The van der Waals surface area contributed by atoms with Crippen LogP contribution in [0.4, 0.5) is 32.0 Å². The number of aromatic nitrogens is 1. The van der Waals surface area contributed by atoms with Gasteiger partial charge in [-0.2, -0.15) is 26.3 Å². The Morgan fingerprint density at radius 2 is 1.68 bits per heavy atom. The zero-order valence-corrected chi connectivity index (χ0v) is 22.4. The first kappa shape index (κ1) is 30.2. The number of carbonyl (C=O) groups is 1. The quantitative estimate of drug-likeness (QED) is 0.305. The van der Waals surface area contributed by atoms with Crippen molar-refractivity contribution in [2.75, 3.05) is 10.8 Å². The van der Waals surface area contributed by atoms with Crippen molar-refractivity contribution in [1.82, 2.24) is 4.98 Å². The van der Waals surface area contributed by atoms with E-state index in [-0.39, 0.29) is 42.1 Å². The van der Waals surface area contributed by atoms with E-state index in [9.17, 15) is 44.7 Å². The Hall–Kier alpha value is -3.81. The molecule has 1 aliphatic rings. The van der Waals surface area contributed by atoms with Crippen molar-refractivity contribution < 1.29 is 49.4 Å². The molecule has 1 N–H and O–H groups in total. The first-order valence-corrected chi connectivity index (χ1v) is 13.6. The van der Waals surface area contributed by atoms with Gasteiger partial charge < -0.3 is 9.84 Å². The van der Waals surface area contributed by atoms with Gasteiger partial charge in [-0.1, -0.05) is 12.1 Å². The highest BCUT2D eigenvalue weighted by Gasteiger charge is 2.39. The van der Waals surface area contributed by atoms with Crippen LogP contribution in [0.3, 0.4) is 0 Å². The van der Waals surface area contributed by atoms with Crippen LogP contribution in [-0.4, -0.2) is 37.1 Å². The highest BCUT2D eigenvalue weighted by Crippen LogP contribution is 2.42. The summed E-state index contributed by atoms with van der Waals surface area (Å²) in [7, 11) is -4.66. The van der Waals surface area contributed by atoms with Gasteiger partial charge >= 0.3 is 18.3 Å². The van der Waals surface area contributed by atoms with Crippen LogP contribution in [0.15, 0.2) is 65.6 Å². The Morgan fingerprint density at radius 3 is 2.32 bits per heavy atom. The molecule has 1 aliphatic heterocycles. The van der Waals surface area contributed by atoms with Crippen molar-refractivity contribution in [2.45, 2.75) is 50.0 Å². The lowest BCUT2D eigenvalue weighted by Crippen LogP contribution is -2.44. The topological polar surface area (TPSA) is 96.8 Å². The monoisotopic (exact) mass is 602 g/mol. The molecule has 3 aromatic rings. The first-order chi connectivity index (χ1) is 18.9. The van der Waals surface area contributed by atoms with E-state index in [1.54, 1.807) is 0 Å². The highest BCUT2D eigenvalue weighted by molar-refractivity contribution is 7.92. The molecule has 0 bridgehead atoms. The normalized spacial score (nSPS) is 16.2. The van der Waals surface area contributed by atoms with Gasteiger partial charge in [0.05, 0.1) is 33.8 Å². The van der Waals surface area contributed by atoms with Crippen LogP contribution < -0.4 is 9.04 Å². The van der Waals surface area contributed by atoms with E-state index in [1.165, 1.54) is 38.1 Å². The fraction of sp³-hybridized carbons (Fsp3) is 0.333. The van der Waals surface area contributed by atoms with Gasteiger partial charge in [0.25, 0.3) is 10.0 Å². The first-order valence-electron chi connectivity index (χ1n) is 12.2. The van der Waals surface area contributed by atoms with Crippen molar-refractivity contribution in [3.05, 3.63) is 71.9 Å². The van der Waals surface area contributed by atoms with E-state index in [4.69, 9.17) is 4.74 Å². The molecule has 0 unspecified atom stereocenters. The van der Waals surface area contributed by atoms with E-state index in [0.717, 1.165) is 34.6 Å². The largest absolute Gasteiger partial charge is 0.486 e. The fourth-order valence-corrected chi connectivity index (χ4v) is 5.74. The fourth-order valence-electron chi connectivity index (χ4n) is 4.19. The van der Waals surface area contributed by atoms with E-state index in [0.29, 0.717) is 6.07 Å². The van der Waals surface area contributed by atoms with Crippen molar-refractivity contribution in [3.8, 4) is 17.0 Å². The molecule has 1 aromatic heterocycles. The molecule has 0 fully saturated rings. The zero-order valence-electron chi connectivity index (χ0n) is 21.6. The Morgan fingerprint density at radius 1 is 1.00 bits per heavy atom. The number of aliphatic carboxylic acids is 1. The molecule has 0 radical (unpaired) electrons. The highest BCUT2D eigenvalue weighted by atomic mass is 32.2. The van der Waals surface area contributed by atoms with Gasteiger partial charge in [-0.15, -0.1) is 0 Å². The smallest absolute Gasteiger partial charge is 0.433 e. The molecule has 0 saturated carbocycles. The number of rotatable bonds is 7. The Bertz CT molecular complexity index is 1570. The van der Waals surface area contributed by atoms with Gasteiger partial charge in [0.15, 0.2) is 0 Å². The molecule has 41 heavy (non-hydrogen) atoms. The predicted octanol–water partition coefficient (Wildman–Crippen LogP) is 6.63. The lowest BCUT2D eigenvalue weighted by atomic mass is 9.86. The molecule has 14 heteroatoms. The van der Waals surface area contributed by atoms with Gasteiger partial charge in [-0.25, -0.2) is 13.4 Å². The molecule has 0 amide bonds. The average Bonchev–Trinajstić information content (AvgIpc) is 2.90. The minimum Gasteiger partial charge on any atom is -0.486 e. The molecule has 2 aromatic carbocycles. The van der Waals surface area contributed by atoms with Crippen LogP contribution in [0.25, 0.3) is 11.3 Å². The van der Waals surface area contributed by atoms with Gasteiger partial charge in [0.1, 0.15) is 17.5 Å². The molecule has 7 nitrogen and oxygen atoms in total. The summed E-state index contributed by atoms with van der Waals surface area (Å²) in [6.45, 7) is 2.58. The predicted molar refractivity (Wildman–Crippen MR) is 136 cm³/mol. The molecule has 0 spiro atoms. The van der Waals surface area contributed by atoms with Gasteiger partial charge in [0, 0.05) is 5.56 Å². The average molecular weight is 603 g/mol. The summed E-state index contributed by atoms with van der Waals surface area (Å²) in [6.07, 6.45) is -10.2. The summed E-state index contributed by atoms with van der Waals surface area (Å²) in [6, 6.07) is 10.3. The van der Waals surface area contributed by atoms with Crippen molar-refractivity contribution >= 4 is 21.7 Å². The number of halogens is 6. The Balaban J connectivity index is 1.80. The SMILES string of the molecule is CC(C)(CC[C@H]1CN(S(=O)(=O)c2cccc(C(F)(F)F)c2)c2cc(-c3cccc(C(F)(F)F)n3)ccc2O1)C(=O)O. The van der Waals surface area contributed by atoms with Crippen LogP contribution in [-0.2, 0) is 27.2 Å².